The van der Waals surface area contributed by atoms with Crippen molar-refractivity contribution in [2.24, 2.45) is 10.7 Å². The van der Waals surface area contributed by atoms with Crippen LogP contribution in [0.25, 0.3) is 0 Å². The van der Waals surface area contributed by atoms with Crippen molar-refractivity contribution >= 4 is 29.9 Å². The Hall–Kier alpha value is -0.340. The molecule has 0 spiro atoms. The van der Waals surface area contributed by atoms with Gasteiger partial charge in [0.05, 0.1) is 13.2 Å². The van der Waals surface area contributed by atoms with E-state index in [1.165, 1.54) is 12.8 Å². The number of hydrogen-bond acceptors (Lipinski definition) is 3. The fraction of sp³-hybridized carbons (Fsp3) is 0.750. The fourth-order valence-electron chi connectivity index (χ4n) is 2.04. The molecule has 0 radical (unpaired) electrons. The van der Waals surface area contributed by atoms with Gasteiger partial charge >= 0.3 is 0 Å². The van der Waals surface area contributed by atoms with E-state index < -0.39 is 0 Å². The van der Waals surface area contributed by atoms with E-state index in [4.69, 9.17) is 10.5 Å². The molecular formula is C12H25IN4O. The molecule has 0 aromatic rings. The first kappa shape index (κ1) is 17.7. The topological polar surface area (TPSA) is 62.9 Å². The Morgan fingerprint density at radius 2 is 2.44 bits per heavy atom. The number of aliphatic imine (C=N–C) groups is 1. The van der Waals surface area contributed by atoms with Crippen molar-refractivity contribution in [3.05, 3.63) is 12.7 Å². The van der Waals surface area contributed by atoms with Crippen LogP contribution in [0.4, 0.5) is 0 Å². The SMILES string of the molecule is C=CCNC(N)=NCC1CCCN1CCOC.I. The lowest BCUT2D eigenvalue weighted by Crippen LogP contribution is -2.37. The molecule has 1 unspecified atom stereocenters. The first-order chi connectivity index (χ1) is 8.27. The maximum atomic E-state index is 5.73. The van der Waals surface area contributed by atoms with Crippen LogP contribution in [0.15, 0.2) is 17.6 Å². The molecule has 0 amide bonds. The lowest BCUT2D eigenvalue weighted by molar-refractivity contribution is 0.143. The maximum Gasteiger partial charge on any atom is 0.188 e. The Morgan fingerprint density at radius 1 is 1.67 bits per heavy atom. The molecule has 1 aliphatic rings. The van der Waals surface area contributed by atoms with E-state index in [2.05, 4.69) is 21.8 Å². The van der Waals surface area contributed by atoms with Crippen LogP contribution in [0.1, 0.15) is 12.8 Å². The van der Waals surface area contributed by atoms with Crippen molar-refractivity contribution < 1.29 is 4.74 Å². The van der Waals surface area contributed by atoms with E-state index in [9.17, 15) is 0 Å². The van der Waals surface area contributed by atoms with Crippen molar-refractivity contribution in [3.63, 3.8) is 0 Å². The van der Waals surface area contributed by atoms with Crippen molar-refractivity contribution in [2.75, 3.05) is 39.9 Å². The molecule has 0 aromatic carbocycles. The average molecular weight is 368 g/mol. The normalized spacial score (nSPS) is 20.5. The van der Waals surface area contributed by atoms with Gasteiger partial charge in [-0.25, -0.2) is 0 Å². The first-order valence-corrected chi connectivity index (χ1v) is 6.15. The van der Waals surface area contributed by atoms with Gasteiger partial charge in [-0.2, -0.15) is 0 Å². The molecule has 18 heavy (non-hydrogen) atoms. The summed E-state index contributed by atoms with van der Waals surface area (Å²) in [5, 5.41) is 2.98. The summed E-state index contributed by atoms with van der Waals surface area (Å²) in [6.45, 7) is 7.95. The van der Waals surface area contributed by atoms with E-state index in [0.29, 0.717) is 18.5 Å². The van der Waals surface area contributed by atoms with Gasteiger partial charge < -0.3 is 15.8 Å². The van der Waals surface area contributed by atoms with E-state index in [0.717, 1.165) is 26.2 Å². The van der Waals surface area contributed by atoms with E-state index >= 15 is 0 Å². The molecule has 3 N–H and O–H groups in total. The highest BCUT2D eigenvalue weighted by Crippen LogP contribution is 2.16. The molecule has 1 aliphatic heterocycles. The summed E-state index contributed by atoms with van der Waals surface area (Å²) in [4.78, 5) is 6.78. The zero-order valence-electron chi connectivity index (χ0n) is 11.1. The minimum absolute atomic E-state index is 0. The molecule has 0 bridgehead atoms. The van der Waals surface area contributed by atoms with Gasteiger partial charge in [0.25, 0.3) is 0 Å². The smallest absolute Gasteiger partial charge is 0.188 e. The Kier molecular flexibility index (Phi) is 10.4. The third kappa shape index (κ3) is 6.55. The second-order valence-electron chi connectivity index (χ2n) is 4.22. The van der Waals surface area contributed by atoms with Crippen molar-refractivity contribution in [2.45, 2.75) is 18.9 Å². The molecular weight excluding hydrogens is 343 g/mol. The lowest BCUT2D eigenvalue weighted by atomic mass is 10.2. The van der Waals surface area contributed by atoms with Gasteiger partial charge in [-0.1, -0.05) is 6.08 Å². The largest absolute Gasteiger partial charge is 0.383 e. The molecule has 106 valence electrons. The Balaban J connectivity index is 0.00000289. The van der Waals surface area contributed by atoms with Gasteiger partial charge in [-0.3, -0.25) is 9.89 Å². The van der Waals surface area contributed by atoms with Crippen LogP contribution >= 0.6 is 24.0 Å². The minimum atomic E-state index is 0. The second-order valence-corrected chi connectivity index (χ2v) is 4.22. The molecule has 1 atom stereocenters. The van der Waals surface area contributed by atoms with Crippen LogP contribution in [0, 0.1) is 0 Å². The van der Waals surface area contributed by atoms with Gasteiger partial charge in [0.2, 0.25) is 0 Å². The van der Waals surface area contributed by atoms with Crippen LogP contribution in [-0.2, 0) is 4.74 Å². The van der Waals surface area contributed by atoms with E-state index in [1.54, 1.807) is 13.2 Å². The zero-order valence-corrected chi connectivity index (χ0v) is 13.4. The van der Waals surface area contributed by atoms with Crippen molar-refractivity contribution in [1.29, 1.82) is 0 Å². The zero-order chi connectivity index (χ0) is 12.5. The van der Waals surface area contributed by atoms with Gasteiger partial charge in [0.15, 0.2) is 5.96 Å². The Labute approximate surface area is 127 Å². The van der Waals surface area contributed by atoms with Crippen LogP contribution in [0.3, 0.4) is 0 Å². The van der Waals surface area contributed by atoms with Crippen LogP contribution in [-0.4, -0.2) is 56.8 Å². The molecule has 1 rings (SSSR count). The summed E-state index contributed by atoms with van der Waals surface area (Å²) < 4.78 is 5.11. The molecule has 5 nitrogen and oxygen atoms in total. The predicted molar refractivity (Wildman–Crippen MR) is 86.6 cm³/mol. The predicted octanol–water partition coefficient (Wildman–Crippen LogP) is 0.805. The first-order valence-electron chi connectivity index (χ1n) is 6.15. The number of halogens is 1. The van der Waals surface area contributed by atoms with Crippen LogP contribution in [0.5, 0.6) is 0 Å². The summed E-state index contributed by atoms with van der Waals surface area (Å²) >= 11 is 0. The molecule has 0 aliphatic carbocycles. The number of guanidine groups is 1. The summed E-state index contributed by atoms with van der Waals surface area (Å²) in [5.41, 5.74) is 5.73. The number of methoxy groups -OCH3 is 1. The highest BCUT2D eigenvalue weighted by Gasteiger charge is 2.23. The van der Waals surface area contributed by atoms with E-state index in [-0.39, 0.29) is 24.0 Å². The summed E-state index contributed by atoms with van der Waals surface area (Å²) in [5.74, 6) is 0.503. The number of nitrogens with zero attached hydrogens (tertiary/aromatic N) is 2. The standard InChI is InChI=1S/C12H24N4O.HI/c1-3-6-14-12(13)15-10-11-5-4-7-16(11)8-9-17-2;/h3,11H,1,4-10H2,2H3,(H3,13,14,15);1H. The molecule has 0 aromatic heterocycles. The van der Waals surface area contributed by atoms with E-state index in [1.807, 2.05) is 0 Å². The number of hydrogen-bond donors (Lipinski definition) is 2. The fourth-order valence-corrected chi connectivity index (χ4v) is 2.04. The maximum absolute atomic E-state index is 5.73. The third-order valence-electron chi connectivity index (χ3n) is 2.98. The third-order valence-corrected chi connectivity index (χ3v) is 2.98. The Bertz CT molecular complexity index is 260. The van der Waals surface area contributed by atoms with Crippen LogP contribution < -0.4 is 11.1 Å². The van der Waals surface area contributed by atoms with Gasteiger partial charge in [0, 0.05) is 26.2 Å². The van der Waals surface area contributed by atoms with Crippen molar-refractivity contribution in [3.8, 4) is 0 Å². The number of nitrogens with one attached hydrogen (secondary N) is 1. The molecule has 6 heteroatoms. The highest BCUT2D eigenvalue weighted by molar-refractivity contribution is 14.0. The minimum Gasteiger partial charge on any atom is -0.383 e. The van der Waals surface area contributed by atoms with Gasteiger partial charge in [0.1, 0.15) is 0 Å². The molecule has 1 fully saturated rings. The number of rotatable bonds is 7. The summed E-state index contributed by atoms with van der Waals surface area (Å²) in [6, 6.07) is 0.509. The molecule has 0 saturated carbocycles. The summed E-state index contributed by atoms with van der Waals surface area (Å²) in [7, 11) is 1.74. The number of ether oxygens (including phenoxy) is 1. The van der Waals surface area contributed by atoms with Crippen molar-refractivity contribution in [1.82, 2.24) is 10.2 Å². The summed E-state index contributed by atoms with van der Waals surface area (Å²) in [6.07, 6.45) is 4.20. The van der Waals surface area contributed by atoms with Gasteiger partial charge in [-0.15, -0.1) is 30.6 Å². The monoisotopic (exact) mass is 368 g/mol. The molecule has 1 saturated heterocycles. The number of nitrogens with two attached hydrogens (primary N) is 1. The quantitative estimate of drug-likeness (QED) is 0.302. The molecule has 1 heterocycles. The second kappa shape index (κ2) is 10.6. The Morgan fingerprint density at radius 3 is 3.11 bits per heavy atom. The van der Waals surface area contributed by atoms with Gasteiger partial charge in [-0.05, 0) is 19.4 Å². The number of likely N-dealkylation sites (tertiary alicyclic amines) is 1. The van der Waals surface area contributed by atoms with Crippen LogP contribution in [0.2, 0.25) is 0 Å². The highest BCUT2D eigenvalue weighted by atomic mass is 127. The average Bonchev–Trinajstić information content (AvgIpc) is 2.78. The lowest BCUT2D eigenvalue weighted by Gasteiger charge is -2.22.